The maximum Gasteiger partial charge on any atom is 0.407 e. The summed E-state index contributed by atoms with van der Waals surface area (Å²) in [6.45, 7) is 2.80. The molecule has 2 rings (SSSR count). The van der Waals surface area contributed by atoms with Gasteiger partial charge in [0.1, 0.15) is 29.6 Å². The predicted octanol–water partition coefficient (Wildman–Crippen LogP) is 3.31. The molecule has 2 aromatic carbocycles. The summed E-state index contributed by atoms with van der Waals surface area (Å²) in [4.78, 5) is 11.1. The molecule has 0 aliphatic carbocycles. The molecule has 0 radical (unpaired) electrons. The maximum atomic E-state index is 11.1. The summed E-state index contributed by atoms with van der Waals surface area (Å²) >= 11 is 0. The van der Waals surface area contributed by atoms with Crippen molar-refractivity contribution in [2.75, 3.05) is 19.8 Å². The minimum absolute atomic E-state index is 0.192. The fourth-order valence-electron chi connectivity index (χ4n) is 1.76. The third-order valence-corrected chi connectivity index (χ3v) is 2.81. The smallest absolute Gasteiger partial charge is 0.407 e. The van der Waals surface area contributed by atoms with E-state index in [-0.39, 0.29) is 5.75 Å². The molecule has 6 nitrogen and oxygen atoms in total. The first-order valence-electron chi connectivity index (χ1n) is 7.27. The SMILES string of the molecule is CCOC(=O)NCCOc1ccc(Oc2ccc(O)cc2)cc1. The molecule has 6 heteroatoms. The van der Waals surface area contributed by atoms with Crippen molar-refractivity contribution < 1.29 is 24.1 Å². The van der Waals surface area contributed by atoms with Gasteiger partial charge < -0.3 is 24.6 Å². The second-order valence-electron chi connectivity index (χ2n) is 4.56. The van der Waals surface area contributed by atoms with Gasteiger partial charge in [0.2, 0.25) is 0 Å². The number of rotatable bonds is 7. The van der Waals surface area contributed by atoms with Gasteiger partial charge in [-0.2, -0.15) is 0 Å². The first-order valence-corrected chi connectivity index (χ1v) is 7.27. The summed E-state index contributed by atoms with van der Waals surface area (Å²) < 4.78 is 15.9. The van der Waals surface area contributed by atoms with E-state index in [1.165, 1.54) is 0 Å². The number of hydrogen-bond acceptors (Lipinski definition) is 5. The minimum atomic E-state index is -0.450. The van der Waals surface area contributed by atoms with Crippen LogP contribution in [-0.4, -0.2) is 31.0 Å². The van der Waals surface area contributed by atoms with Crippen LogP contribution in [0.5, 0.6) is 23.0 Å². The average Bonchev–Trinajstić information content (AvgIpc) is 2.55. The van der Waals surface area contributed by atoms with Gasteiger partial charge in [-0.15, -0.1) is 0 Å². The standard InChI is InChI=1S/C17H19NO5/c1-2-21-17(20)18-11-12-22-14-7-9-16(10-8-14)23-15-5-3-13(19)4-6-15/h3-10,19H,2,11-12H2,1H3,(H,18,20). The average molecular weight is 317 g/mol. The topological polar surface area (TPSA) is 77.0 Å². The number of carbonyl (C=O) groups excluding carboxylic acids is 1. The van der Waals surface area contributed by atoms with Crippen molar-refractivity contribution in [3.63, 3.8) is 0 Å². The Labute approximate surface area is 134 Å². The van der Waals surface area contributed by atoms with Crippen LogP contribution >= 0.6 is 0 Å². The summed E-state index contributed by atoms with van der Waals surface area (Å²) in [7, 11) is 0. The van der Waals surface area contributed by atoms with Gasteiger partial charge in [0.05, 0.1) is 13.2 Å². The Bertz CT molecular complexity index is 610. The highest BCUT2D eigenvalue weighted by atomic mass is 16.5. The van der Waals surface area contributed by atoms with Crippen molar-refractivity contribution in [3.05, 3.63) is 48.5 Å². The molecule has 0 fully saturated rings. The summed E-state index contributed by atoms with van der Waals surface area (Å²) in [6, 6.07) is 13.6. The number of nitrogens with one attached hydrogen (secondary N) is 1. The zero-order chi connectivity index (χ0) is 16.5. The van der Waals surface area contributed by atoms with E-state index in [0.29, 0.717) is 37.0 Å². The fourth-order valence-corrected chi connectivity index (χ4v) is 1.76. The molecule has 122 valence electrons. The van der Waals surface area contributed by atoms with E-state index in [0.717, 1.165) is 0 Å². The third-order valence-electron chi connectivity index (χ3n) is 2.81. The monoisotopic (exact) mass is 317 g/mol. The molecular formula is C17H19NO5. The van der Waals surface area contributed by atoms with Crippen LogP contribution in [0.1, 0.15) is 6.92 Å². The molecule has 0 saturated carbocycles. The number of ether oxygens (including phenoxy) is 3. The van der Waals surface area contributed by atoms with E-state index < -0.39 is 6.09 Å². The summed E-state index contributed by atoms with van der Waals surface area (Å²) in [6.07, 6.45) is -0.450. The van der Waals surface area contributed by atoms with Gasteiger partial charge in [0.15, 0.2) is 0 Å². The molecule has 0 aromatic heterocycles. The maximum absolute atomic E-state index is 11.1. The summed E-state index contributed by atoms with van der Waals surface area (Å²) in [5.41, 5.74) is 0. The first-order chi connectivity index (χ1) is 11.2. The van der Waals surface area contributed by atoms with Crippen LogP contribution in [0.4, 0.5) is 4.79 Å². The summed E-state index contributed by atoms with van der Waals surface area (Å²) in [5.74, 6) is 2.16. The molecule has 0 atom stereocenters. The number of phenolic OH excluding ortho intramolecular Hbond substituents is 1. The lowest BCUT2D eigenvalue weighted by molar-refractivity contribution is 0.150. The molecule has 2 N–H and O–H groups in total. The van der Waals surface area contributed by atoms with Gasteiger partial charge in [-0.1, -0.05) is 0 Å². The predicted molar refractivity (Wildman–Crippen MR) is 85.1 cm³/mol. The highest BCUT2D eigenvalue weighted by molar-refractivity contribution is 5.66. The van der Waals surface area contributed by atoms with Gasteiger partial charge in [-0.3, -0.25) is 0 Å². The van der Waals surface area contributed by atoms with E-state index >= 15 is 0 Å². The van der Waals surface area contributed by atoms with Gasteiger partial charge in [0.25, 0.3) is 0 Å². The van der Waals surface area contributed by atoms with Crippen molar-refractivity contribution in [2.24, 2.45) is 0 Å². The molecule has 0 aliphatic heterocycles. The fraction of sp³-hybridized carbons (Fsp3) is 0.235. The second-order valence-corrected chi connectivity index (χ2v) is 4.56. The van der Waals surface area contributed by atoms with Crippen LogP contribution in [-0.2, 0) is 4.74 Å². The van der Waals surface area contributed by atoms with E-state index in [1.54, 1.807) is 55.5 Å². The lowest BCUT2D eigenvalue weighted by Gasteiger charge is -2.09. The zero-order valence-electron chi connectivity index (χ0n) is 12.8. The van der Waals surface area contributed by atoms with Crippen molar-refractivity contribution in [1.29, 1.82) is 0 Å². The van der Waals surface area contributed by atoms with E-state index in [4.69, 9.17) is 14.2 Å². The Morgan fingerprint density at radius 1 is 1.00 bits per heavy atom. The van der Waals surface area contributed by atoms with Crippen LogP contribution in [0, 0.1) is 0 Å². The highest BCUT2D eigenvalue weighted by Gasteiger charge is 2.01. The Balaban J connectivity index is 1.76. The van der Waals surface area contributed by atoms with Crippen LogP contribution in [0.15, 0.2) is 48.5 Å². The Morgan fingerprint density at radius 3 is 2.17 bits per heavy atom. The Kier molecular flexibility index (Phi) is 6.11. The number of hydrogen-bond donors (Lipinski definition) is 2. The lowest BCUT2D eigenvalue weighted by Crippen LogP contribution is -2.28. The first kappa shape index (κ1) is 16.5. The number of benzene rings is 2. The number of aromatic hydroxyl groups is 1. The van der Waals surface area contributed by atoms with Crippen LogP contribution in [0.3, 0.4) is 0 Å². The molecule has 2 aromatic rings. The number of phenols is 1. The second kappa shape index (κ2) is 8.53. The van der Waals surface area contributed by atoms with Gasteiger partial charge in [-0.05, 0) is 55.5 Å². The largest absolute Gasteiger partial charge is 0.508 e. The number of carbonyl (C=O) groups is 1. The highest BCUT2D eigenvalue weighted by Crippen LogP contribution is 2.25. The zero-order valence-corrected chi connectivity index (χ0v) is 12.8. The molecule has 0 saturated heterocycles. The van der Waals surface area contributed by atoms with Gasteiger partial charge in [-0.25, -0.2) is 4.79 Å². The Hall–Kier alpha value is -2.89. The van der Waals surface area contributed by atoms with Crippen molar-refractivity contribution in [2.45, 2.75) is 6.92 Å². The van der Waals surface area contributed by atoms with Crippen molar-refractivity contribution in [3.8, 4) is 23.0 Å². The third kappa shape index (κ3) is 5.78. The number of alkyl carbamates (subject to hydrolysis) is 1. The van der Waals surface area contributed by atoms with E-state index in [9.17, 15) is 9.90 Å². The lowest BCUT2D eigenvalue weighted by atomic mass is 10.3. The molecule has 0 heterocycles. The Morgan fingerprint density at radius 2 is 1.57 bits per heavy atom. The quantitative estimate of drug-likeness (QED) is 0.766. The van der Waals surface area contributed by atoms with Gasteiger partial charge in [0, 0.05) is 0 Å². The number of amides is 1. The van der Waals surface area contributed by atoms with Crippen molar-refractivity contribution >= 4 is 6.09 Å². The molecule has 0 spiro atoms. The summed E-state index contributed by atoms with van der Waals surface area (Å²) in [5, 5.41) is 11.8. The van der Waals surface area contributed by atoms with Crippen molar-refractivity contribution in [1.82, 2.24) is 5.32 Å². The minimum Gasteiger partial charge on any atom is -0.508 e. The van der Waals surface area contributed by atoms with E-state index in [2.05, 4.69) is 5.32 Å². The molecule has 1 amide bonds. The van der Waals surface area contributed by atoms with Crippen LogP contribution in [0.2, 0.25) is 0 Å². The van der Waals surface area contributed by atoms with E-state index in [1.807, 2.05) is 0 Å². The van der Waals surface area contributed by atoms with Crippen LogP contribution in [0.25, 0.3) is 0 Å². The molecule has 0 bridgehead atoms. The normalized spacial score (nSPS) is 9.96. The van der Waals surface area contributed by atoms with Crippen LogP contribution < -0.4 is 14.8 Å². The van der Waals surface area contributed by atoms with Gasteiger partial charge >= 0.3 is 6.09 Å². The molecule has 0 aliphatic rings. The molecular weight excluding hydrogens is 298 g/mol. The molecule has 0 unspecified atom stereocenters. The molecule has 23 heavy (non-hydrogen) atoms.